The highest BCUT2D eigenvalue weighted by Crippen LogP contribution is 2.39. The van der Waals surface area contributed by atoms with Gasteiger partial charge in [-0.3, -0.25) is 14.4 Å². The fourth-order valence-electron chi connectivity index (χ4n) is 4.51. The molecule has 0 unspecified atom stereocenters. The molecule has 194 valence electrons. The van der Waals surface area contributed by atoms with Crippen LogP contribution in [-0.4, -0.2) is 17.7 Å². The molecule has 0 spiro atoms. The Morgan fingerprint density at radius 2 is 1.15 bits per heavy atom. The molecule has 1 aliphatic rings. The first-order chi connectivity index (χ1) is 19.0. The zero-order chi connectivity index (χ0) is 27.2. The van der Waals surface area contributed by atoms with E-state index in [0.29, 0.717) is 16.3 Å². The predicted octanol–water partition coefficient (Wildman–Crippen LogP) is 5.27. The minimum absolute atomic E-state index is 0.0793. The zero-order valence-corrected chi connectivity index (χ0v) is 21.8. The minimum Gasteiger partial charge on any atom is -0.348 e. The van der Waals surface area contributed by atoms with Crippen LogP contribution in [0.2, 0.25) is 5.02 Å². The van der Waals surface area contributed by atoms with Crippen molar-refractivity contribution >= 4 is 40.6 Å². The van der Waals surface area contributed by atoms with Crippen LogP contribution in [0.1, 0.15) is 22.3 Å². The van der Waals surface area contributed by atoms with Gasteiger partial charge in [-0.05, 0) is 34.9 Å². The smallest absolute Gasteiger partial charge is 0.260 e. The summed E-state index contributed by atoms with van der Waals surface area (Å²) < 4.78 is 0. The fraction of sp³-hybridized carbons (Fsp3) is 0.0938. The molecule has 0 radical (unpaired) electrons. The molecule has 5 rings (SSSR count). The van der Waals surface area contributed by atoms with Gasteiger partial charge in [-0.15, -0.1) is 0 Å². The summed E-state index contributed by atoms with van der Waals surface area (Å²) in [5.41, 5.74) is 3.67. The Balaban J connectivity index is 1.51. The van der Waals surface area contributed by atoms with Gasteiger partial charge in [0.2, 0.25) is 0 Å². The van der Waals surface area contributed by atoms with E-state index < -0.39 is 17.7 Å². The maximum absolute atomic E-state index is 13.9. The van der Waals surface area contributed by atoms with Gasteiger partial charge in [0.25, 0.3) is 17.7 Å². The van der Waals surface area contributed by atoms with Crippen molar-refractivity contribution in [3.63, 3.8) is 0 Å². The van der Waals surface area contributed by atoms with Gasteiger partial charge in [0, 0.05) is 23.7 Å². The fourth-order valence-corrected chi connectivity index (χ4v) is 4.64. The largest absolute Gasteiger partial charge is 0.348 e. The lowest BCUT2D eigenvalue weighted by Gasteiger charge is -2.17. The van der Waals surface area contributed by atoms with Crippen molar-refractivity contribution in [2.24, 2.45) is 0 Å². The summed E-state index contributed by atoms with van der Waals surface area (Å²) in [7, 11) is 0. The summed E-state index contributed by atoms with van der Waals surface area (Å²) in [6.45, 7) is 0.695. The molecule has 1 heterocycles. The summed E-state index contributed by atoms with van der Waals surface area (Å²) in [4.78, 5) is 42.7. The van der Waals surface area contributed by atoms with E-state index in [1.807, 2.05) is 84.9 Å². The summed E-state index contributed by atoms with van der Waals surface area (Å²) in [5, 5.41) is 6.27. The molecule has 4 aromatic rings. The van der Waals surface area contributed by atoms with E-state index in [0.717, 1.165) is 16.7 Å². The molecule has 0 aliphatic carbocycles. The standard InChI is InChI=1S/C32H26ClN3O3/c33-25-17-15-24(16-18-25)21-36-27-14-8-7-13-26(27)28(32(36)39)29(30(37)34-19-22-9-3-1-4-10-22)31(38)35-20-23-11-5-2-6-12-23/h1-18H,19-21H2,(H,34,37)(H,35,38). The van der Waals surface area contributed by atoms with Crippen LogP contribution >= 0.6 is 11.6 Å². The lowest BCUT2D eigenvalue weighted by Crippen LogP contribution is -2.36. The van der Waals surface area contributed by atoms with E-state index in [1.54, 1.807) is 29.2 Å². The number of nitrogens with one attached hydrogen (secondary N) is 2. The van der Waals surface area contributed by atoms with Gasteiger partial charge in [-0.1, -0.05) is 103 Å². The number of hydrogen-bond donors (Lipinski definition) is 2. The number of carbonyl (C=O) groups excluding carboxylic acids is 3. The second-order valence-corrected chi connectivity index (χ2v) is 9.56. The Bertz CT molecular complexity index is 1480. The maximum atomic E-state index is 13.9. The van der Waals surface area contributed by atoms with Crippen molar-refractivity contribution in [1.82, 2.24) is 10.6 Å². The van der Waals surface area contributed by atoms with Crippen molar-refractivity contribution in [1.29, 1.82) is 0 Å². The van der Waals surface area contributed by atoms with Gasteiger partial charge in [-0.25, -0.2) is 0 Å². The first kappa shape index (κ1) is 25.9. The molecule has 6 nitrogen and oxygen atoms in total. The quantitative estimate of drug-likeness (QED) is 0.183. The molecule has 3 amide bonds. The molecule has 0 saturated heterocycles. The second-order valence-electron chi connectivity index (χ2n) is 9.12. The zero-order valence-electron chi connectivity index (χ0n) is 21.1. The van der Waals surface area contributed by atoms with Crippen LogP contribution in [0, 0.1) is 0 Å². The van der Waals surface area contributed by atoms with Crippen LogP contribution in [0.15, 0.2) is 115 Å². The third kappa shape index (κ3) is 5.92. The number of carbonyl (C=O) groups is 3. The highest BCUT2D eigenvalue weighted by Gasteiger charge is 2.38. The predicted molar refractivity (Wildman–Crippen MR) is 153 cm³/mol. The van der Waals surface area contributed by atoms with Crippen molar-refractivity contribution in [2.75, 3.05) is 4.90 Å². The Labute approximate surface area is 231 Å². The molecule has 0 saturated carbocycles. The Morgan fingerprint density at radius 1 is 0.641 bits per heavy atom. The molecule has 4 aromatic carbocycles. The number of rotatable bonds is 8. The van der Waals surface area contributed by atoms with Crippen molar-refractivity contribution in [3.8, 4) is 0 Å². The van der Waals surface area contributed by atoms with Crippen molar-refractivity contribution < 1.29 is 14.4 Å². The monoisotopic (exact) mass is 535 g/mol. The molecule has 0 atom stereocenters. The van der Waals surface area contributed by atoms with Gasteiger partial charge in [0.05, 0.1) is 17.8 Å². The number of para-hydroxylation sites is 1. The maximum Gasteiger partial charge on any atom is 0.260 e. The molecule has 0 fully saturated rings. The van der Waals surface area contributed by atoms with Crippen LogP contribution in [0.25, 0.3) is 5.57 Å². The topological polar surface area (TPSA) is 78.5 Å². The van der Waals surface area contributed by atoms with Crippen LogP contribution in [0.4, 0.5) is 5.69 Å². The van der Waals surface area contributed by atoms with Gasteiger partial charge < -0.3 is 15.5 Å². The number of fused-ring (bicyclic) bond motifs is 1. The molecule has 39 heavy (non-hydrogen) atoms. The Hall–Kier alpha value is -4.68. The van der Waals surface area contributed by atoms with Crippen LogP contribution in [0.5, 0.6) is 0 Å². The first-order valence-electron chi connectivity index (χ1n) is 12.6. The third-order valence-electron chi connectivity index (χ3n) is 6.47. The van der Waals surface area contributed by atoms with Gasteiger partial charge in [0.15, 0.2) is 0 Å². The molecular weight excluding hydrogens is 510 g/mol. The van der Waals surface area contributed by atoms with E-state index in [1.165, 1.54) is 0 Å². The van der Waals surface area contributed by atoms with Crippen LogP contribution < -0.4 is 15.5 Å². The second kappa shape index (κ2) is 11.8. The van der Waals surface area contributed by atoms with Crippen molar-refractivity contribution in [2.45, 2.75) is 19.6 Å². The normalized spacial score (nSPS) is 12.2. The minimum atomic E-state index is -0.615. The highest BCUT2D eigenvalue weighted by molar-refractivity contribution is 6.41. The molecule has 0 bridgehead atoms. The average molecular weight is 536 g/mol. The number of benzene rings is 4. The summed E-state index contributed by atoms with van der Waals surface area (Å²) in [5.74, 6) is -1.64. The SMILES string of the molecule is O=C(NCc1ccccc1)C(C(=O)NCc1ccccc1)=C1C(=O)N(Cc2ccc(Cl)cc2)c2ccccc21. The molecular formula is C32H26ClN3O3. The molecule has 0 aromatic heterocycles. The number of amides is 3. The van der Waals surface area contributed by atoms with Gasteiger partial charge >= 0.3 is 0 Å². The first-order valence-corrected chi connectivity index (χ1v) is 12.9. The van der Waals surface area contributed by atoms with Crippen LogP contribution in [0.3, 0.4) is 0 Å². The van der Waals surface area contributed by atoms with Crippen molar-refractivity contribution in [3.05, 3.63) is 142 Å². The Kier molecular flexibility index (Phi) is 7.85. The van der Waals surface area contributed by atoms with E-state index in [4.69, 9.17) is 11.6 Å². The molecule has 1 aliphatic heterocycles. The summed E-state index contributed by atoms with van der Waals surface area (Å²) >= 11 is 6.04. The summed E-state index contributed by atoms with van der Waals surface area (Å²) in [6, 6.07) is 33.2. The van der Waals surface area contributed by atoms with E-state index in [2.05, 4.69) is 10.6 Å². The Morgan fingerprint density at radius 3 is 1.72 bits per heavy atom. The molecule has 2 N–H and O–H groups in total. The highest BCUT2D eigenvalue weighted by atomic mass is 35.5. The molecule has 7 heteroatoms. The van der Waals surface area contributed by atoms with Crippen LogP contribution in [-0.2, 0) is 34.0 Å². The average Bonchev–Trinajstić information content (AvgIpc) is 3.24. The van der Waals surface area contributed by atoms with E-state index in [-0.39, 0.29) is 30.8 Å². The lowest BCUT2D eigenvalue weighted by molar-refractivity contribution is -0.124. The van der Waals surface area contributed by atoms with Gasteiger partial charge in [0.1, 0.15) is 5.57 Å². The summed E-state index contributed by atoms with van der Waals surface area (Å²) in [6.07, 6.45) is 0. The number of halogens is 1. The van der Waals surface area contributed by atoms with E-state index in [9.17, 15) is 14.4 Å². The number of nitrogens with zero attached hydrogens (tertiary/aromatic N) is 1. The third-order valence-corrected chi connectivity index (χ3v) is 6.73. The lowest BCUT2D eigenvalue weighted by atomic mass is 9.99. The van der Waals surface area contributed by atoms with Gasteiger partial charge in [-0.2, -0.15) is 0 Å². The number of hydrogen-bond acceptors (Lipinski definition) is 3. The van der Waals surface area contributed by atoms with E-state index >= 15 is 0 Å². The number of anilines is 1.